The highest BCUT2D eigenvalue weighted by Gasteiger charge is 2.21. The summed E-state index contributed by atoms with van der Waals surface area (Å²) in [5.41, 5.74) is 3.06. The van der Waals surface area contributed by atoms with Gasteiger partial charge in [-0.25, -0.2) is 14.6 Å². The van der Waals surface area contributed by atoms with E-state index in [-0.39, 0.29) is 0 Å². The van der Waals surface area contributed by atoms with Gasteiger partial charge in [0.1, 0.15) is 11.6 Å². The molecule has 0 atom stereocenters. The van der Waals surface area contributed by atoms with Crippen LogP contribution < -0.4 is 16.6 Å². The standard InChI is InChI=1S/C12H16F2N4/c13-9-5-8(6-10(14)7-9)3-4-16-12(18-15)17-11-1-2-11/h5-7,11H,1-4,15H2,(H2,16,17,18). The number of hydrogen-bond donors (Lipinski definition) is 3. The summed E-state index contributed by atoms with van der Waals surface area (Å²) in [7, 11) is 0. The second-order valence-electron chi connectivity index (χ2n) is 4.32. The number of hydrazine groups is 1. The highest BCUT2D eigenvalue weighted by molar-refractivity contribution is 5.79. The van der Waals surface area contributed by atoms with Gasteiger partial charge < -0.3 is 5.32 Å². The first-order valence-corrected chi connectivity index (χ1v) is 5.90. The lowest BCUT2D eigenvalue weighted by Gasteiger charge is -2.07. The summed E-state index contributed by atoms with van der Waals surface area (Å²) in [4.78, 5) is 4.20. The van der Waals surface area contributed by atoms with E-state index in [9.17, 15) is 8.78 Å². The molecule has 18 heavy (non-hydrogen) atoms. The minimum Gasteiger partial charge on any atom is -0.353 e. The van der Waals surface area contributed by atoms with E-state index in [4.69, 9.17) is 5.84 Å². The zero-order chi connectivity index (χ0) is 13.0. The average molecular weight is 254 g/mol. The highest BCUT2D eigenvalue weighted by Crippen LogP contribution is 2.18. The molecule has 1 saturated carbocycles. The van der Waals surface area contributed by atoms with Crippen LogP contribution in [0.4, 0.5) is 8.78 Å². The van der Waals surface area contributed by atoms with Crippen LogP contribution in [-0.4, -0.2) is 18.5 Å². The summed E-state index contributed by atoms with van der Waals surface area (Å²) in [6.45, 7) is 0.419. The van der Waals surface area contributed by atoms with Crippen molar-refractivity contribution in [1.29, 1.82) is 0 Å². The van der Waals surface area contributed by atoms with Crippen molar-refractivity contribution in [3.63, 3.8) is 0 Å². The third kappa shape index (κ3) is 3.96. The van der Waals surface area contributed by atoms with Gasteiger partial charge in [0.05, 0.1) is 0 Å². The van der Waals surface area contributed by atoms with Crippen LogP contribution in [0.3, 0.4) is 0 Å². The third-order valence-corrected chi connectivity index (χ3v) is 2.65. The Hall–Kier alpha value is -1.69. The molecule has 2 rings (SSSR count). The van der Waals surface area contributed by atoms with E-state index in [0.717, 1.165) is 18.9 Å². The van der Waals surface area contributed by atoms with Crippen molar-refractivity contribution in [1.82, 2.24) is 10.7 Å². The second-order valence-corrected chi connectivity index (χ2v) is 4.32. The molecule has 1 fully saturated rings. The van der Waals surface area contributed by atoms with Crippen molar-refractivity contribution in [2.45, 2.75) is 25.3 Å². The van der Waals surface area contributed by atoms with Crippen molar-refractivity contribution in [3.05, 3.63) is 35.4 Å². The largest absolute Gasteiger partial charge is 0.353 e. The van der Waals surface area contributed by atoms with Crippen molar-refractivity contribution in [3.8, 4) is 0 Å². The Kier molecular flexibility index (Phi) is 4.09. The zero-order valence-corrected chi connectivity index (χ0v) is 9.92. The van der Waals surface area contributed by atoms with Crippen molar-refractivity contribution in [2.24, 2.45) is 10.8 Å². The fourth-order valence-corrected chi connectivity index (χ4v) is 1.61. The molecule has 6 heteroatoms. The van der Waals surface area contributed by atoms with E-state index in [2.05, 4.69) is 15.7 Å². The number of nitrogens with zero attached hydrogens (tertiary/aromatic N) is 1. The second kappa shape index (κ2) is 5.77. The van der Waals surface area contributed by atoms with E-state index in [1.54, 1.807) is 0 Å². The van der Waals surface area contributed by atoms with Crippen LogP contribution in [0, 0.1) is 11.6 Å². The molecule has 0 amide bonds. The zero-order valence-electron chi connectivity index (χ0n) is 9.92. The molecule has 0 saturated heterocycles. The fraction of sp³-hybridized carbons (Fsp3) is 0.417. The average Bonchev–Trinajstić information content (AvgIpc) is 3.10. The van der Waals surface area contributed by atoms with Gasteiger partial charge in [0, 0.05) is 18.7 Å². The molecule has 1 aromatic carbocycles. The molecule has 0 aromatic heterocycles. The van der Waals surface area contributed by atoms with E-state index in [0.29, 0.717) is 30.5 Å². The van der Waals surface area contributed by atoms with Crippen LogP contribution in [0.2, 0.25) is 0 Å². The summed E-state index contributed by atoms with van der Waals surface area (Å²) >= 11 is 0. The third-order valence-electron chi connectivity index (χ3n) is 2.65. The Labute approximate surface area is 104 Å². The topological polar surface area (TPSA) is 62.4 Å². The maximum Gasteiger partial charge on any atom is 0.205 e. The number of halogens is 2. The van der Waals surface area contributed by atoms with Crippen LogP contribution in [0.5, 0.6) is 0 Å². The van der Waals surface area contributed by atoms with E-state index >= 15 is 0 Å². The quantitative estimate of drug-likeness (QED) is 0.326. The SMILES string of the molecule is NNC(=NCCc1cc(F)cc(F)c1)NC1CC1. The molecule has 1 aromatic rings. The predicted octanol–water partition coefficient (Wildman–Crippen LogP) is 1.08. The number of rotatable bonds is 4. The van der Waals surface area contributed by atoms with E-state index in [1.807, 2.05) is 0 Å². The van der Waals surface area contributed by atoms with E-state index < -0.39 is 11.6 Å². The van der Waals surface area contributed by atoms with Gasteiger partial charge in [-0.3, -0.25) is 10.4 Å². The molecular weight excluding hydrogens is 238 g/mol. The first kappa shape index (κ1) is 12.8. The summed E-state index contributed by atoms with van der Waals surface area (Å²) in [6.07, 6.45) is 2.71. The molecular formula is C12H16F2N4. The van der Waals surface area contributed by atoms with Crippen molar-refractivity contribution in [2.75, 3.05) is 6.54 Å². The van der Waals surface area contributed by atoms with Gasteiger partial charge in [0.25, 0.3) is 0 Å². The highest BCUT2D eigenvalue weighted by atomic mass is 19.1. The molecule has 0 bridgehead atoms. The Morgan fingerprint density at radius 2 is 1.94 bits per heavy atom. The first-order chi connectivity index (χ1) is 8.67. The number of nitrogens with two attached hydrogens (primary N) is 1. The summed E-state index contributed by atoms with van der Waals surface area (Å²) in [6, 6.07) is 3.92. The van der Waals surface area contributed by atoms with Gasteiger partial charge in [-0.05, 0) is 37.0 Å². The van der Waals surface area contributed by atoms with E-state index in [1.165, 1.54) is 12.1 Å². The van der Waals surface area contributed by atoms with Crippen molar-refractivity contribution < 1.29 is 8.78 Å². The van der Waals surface area contributed by atoms with Crippen LogP contribution in [0.15, 0.2) is 23.2 Å². The monoisotopic (exact) mass is 254 g/mol. The molecule has 0 aliphatic heterocycles. The Balaban J connectivity index is 1.87. The molecule has 1 aliphatic rings. The van der Waals surface area contributed by atoms with Crippen LogP contribution in [0.1, 0.15) is 18.4 Å². The van der Waals surface area contributed by atoms with Crippen molar-refractivity contribution >= 4 is 5.96 Å². The van der Waals surface area contributed by atoms with Crippen LogP contribution >= 0.6 is 0 Å². The normalized spacial score (nSPS) is 15.6. The molecule has 4 N–H and O–H groups in total. The van der Waals surface area contributed by atoms with Gasteiger partial charge in [-0.15, -0.1) is 0 Å². The smallest absolute Gasteiger partial charge is 0.205 e. The Morgan fingerprint density at radius 3 is 2.50 bits per heavy atom. The fourth-order valence-electron chi connectivity index (χ4n) is 1.61. The van der Waals surface area contributed by atoms with Gasteiger partial charge in [-0.2, -0.15) is 0 Å². The molecule has 0 heterocycles. The number of nitrogens with one attached hydrogen (secondary N) is 2. The molecule has 0 unspecified atom stereocenters. The maximum absolute atomic E-state index is 12.9. The Morgan fingerprint density at radius 1 is 1.28 bits per heavy atom. The lowest BCUT2D eigenvalue weighted by Crippen LogP contribution is -2.42. The van der Waals surface area contributed by atoms with Gasteiger partial charge >= 0.3 is 0 Å². The lowest BCUT2D eigenvalue weighted by molar-refractivity contribution is 0.579. The van der Waals surface area contributed by atoms with Gasteiger partial charge in [-0.1, -0.05) is 0 Å². The molecule has 0 radical (unpaired) electrons. The number of guanidine groups is 1. The lowest BCUT2D eigenvalue weighted by atomic mass is 10.1. The van der Waals surface area contributed by atoms with Gasteiger partial charge in [0.15, 0.2) is 0 Å². The number of hydrogen-bond acceptors (Lipinski definition) is 2. The number of benzene rings is 1. The molecule has 98 valence electrons. The van der Waals surface area contributed by atoms with Crippen LogP contribution in [-0.2, 0) is 6.42 Å². The van der Waals surface area contributed by atoms with Gasteiger partial charge in [0.2, 0.25) is 5.96 Å². The maximum atomic E-state index is 12.9. The minimum absolute atomic E-state index is 0.419. The molecule has 1 aliphatic carbocycles. The summed E-state index contributed by atoms with van der Waals surface area (Å²) in [5.74, 6) is 4.70. The summed E-state index contributed by atoms with van der Waals surface area (Å²) in [5, 5.41) is 3.12. The minimum atomic E-state index is -0.567. The predicted molar refractivity (Wildman–Crippen MR) is 65.8 cm³/mol. The number of aliphatic imine (C=N–C) groups is 1. The van der Waals surface area contributed by atoms with Crippen LogP contribution in [0.25, 0.3) is 0 Å². The molecule has 0 spiro atoms. The Bertz CT molecular complexity index is 423. The first-order valence-electron chi connectivity index (χ1n) is 5.90. The molecule has 4 nitrogen and oxygen atoms in total. The summed E-state index contributed by atoms with van der Waals surface area (Å²) < 4.78 is 25.9.